The number of carboxylic acid groups (broad SMARTS) is 1. The molecule has 2 aliphatic heterocycles. The lowest BCUT2D eigenvalue weighted by molar-refractivity contribution is -0.145. The van der Waals surface area contributed by atoms with Crippen molar-refractivity contribution >= 4 is 29.8 Å². The number of carboxylic acids is 1. The molecule has 1 saturated heterocycles. The van der Waals surface area contributed by atoms with Gasteiger partial charge in [-0.2, -0.15) is 0 Å². The third-order valence-corrected chi connectivity index (χ3v) is 8.40. The molecular formula is C31H42N4O8. The second-order valence-electron chi connectivity index (χ2n) is 12.0. The van der Waals surface area contributed by atoms with Gasteiger partial charge in [-0.3, -0.25) is 14.4 Å². The summed E-state index contributed by atoms with van der Waals surface area (Å²) in [6, 6.07) is 4.87. The monoisotopic (exact) mass is 598 g/mol. The van der Waals surface area contributed by atoms with E-state index in [-0.39, 0.29) is 56.1 Å². The van der Waals surface area contributed by atoms with E-state index in [0.29, 0.717) is 44.5 Å². The Morgan fingerprint density at radius 2 is 1.98 bits per heavy atom. The zero-order valence-corrected chi connectivity index (χ0v) is 24.9. The summed E-state index contributed by atoms with van der Waals surface area (Å²) in [7, 11) is 0. The van der Waals surface area contributed by atoms with Crippen LogP contribution in [0.3, 0.4) is 0 Å². The number of nitrogens with zero attached hydrogens (tertiary/aromatic N) is 2. The van der Waals surface area contributed by atoms with Gasteiger partial charge in [-0.05, 0) is 43.2 Å². The Bertz CT molecular complexity index is 1270. The average molecular weight is 599 g/mol. The largest absolute Gasteiger partial charge is 0.488 e. The van der Waals surface area contributed by atoms with Gasteiger partial charge in [0.25, 0.3) is 0 Å². The van der Waals surface area contributed by atoms with Crippen molar-refractivity contribution in [1.82, 2.24) is 15.1 Å². The van der Waals surface area contributed by atoms with Crippen LogP contribution in [0.25, 0.3) is 0 Å². The third-order valence-electron chi connectivity index (χ3n) is 8.40. The van der Waals surface area contributed by atoms with Gasteiger partial charge < -0.3 is 35.4 Å². The summed E-state index contributed by atoms with van der Waals surface area (Å²) in [5.41, 5.74) is 5.54. The van der Waals surface area contributed by atoms with Crippen molar-refractivity contribution in [2.45, 2.75) is 83.0 Å². The summed E-state index contributed by atoms with van der Waals surface area (Å²) in [5.74, 6) is -1.51. The van der Waals surface area contributed by atoms with Crippen molar-refractivity contribution in [3.8, 4) is 5.75 Å². The first-order valence-corrected chi connectivity index (χ1v) is 14.9. The summed E-state index contributed by atoms with van der Waals surface area (Å²) in [6.07, 6.45) is 3.02. The number of ether oxygens (including phenoxy) is 2. The molecule has 4 N–H and O–H groups in total. The number of carbonyl (C=O) groups is 5. The smallest absolute Gasteiger partial charge is 0.404 e. The van der Waals surface area contributed by atoms with Crippen LogP contribution in [-0.4, -0.2) is 82.1 Å². The lowest BCUT2D eigenvalue weighted by Gasteiger charge is -2.31. The van der Waals surface area contributed by atoms with E-state index in [1.165, 1.54) is 11.0 Å². The number of benzene rings is 1. The van der Waals surface area contributed by atoms with E-state index in [4.69, 9.17) is 15.2 Å². The Kier molecular flexibility index (Phi) is 9.98. The first kappa shape index (κ1) is 31.8. The fraction of sp³-hybridized carbons (Fsp3) is 0.581. The summed E-state index contributed by atoms with van der Waals surface area (Å²) in [5, 5.41) is 12.5. The zero-order valence-electron chi connectivity index (χ0n) is 24.9. The predicted octanol–water partition coefficient (Wildman–Crippen LogP) is 2.38. The molecule has 1 aromatic rings. The number of primary amides is 1. The third kappa shape index (κ3) is 7.47. The number of hydrogen-bond acceptors (Lipinski definition) is 7. The van der Waals surface area contributed by atoms with E-state index < -0.39 is 35.7 Å². The average Bonchev–Trinajstić information content (AvgIpc) is 3.51. The number of carbonyl (C=O) groups excluding carboxylic acids is 4. The number of fused-ring (bicyclic) bond motifs is 1. The van der Waals surface area contributed by atoms with Crippen LogP contribution in [0.5, 0.6) is 5.75 Å². The van der Waals surface area contributed by atoms with Crippen LogP contribution in [0.1, 0.15) is 63.5 Å². The summed E-state index contributed by atoms with van der Waals surface area (Å²) in [6.45, 7) is 8.84. The van der Waals surface area contributed by atoms with Crippen molar-refractivity contribution in [3.63, 3.8) is 0 Å². The summed E-state index contributed by atoms with van der Waals surface area (Å²) >= 11 is 0. The topological polar surface area (TPSA) is 169 Å². The molecular weight excluding hydrogens is 556 g/mol. The maximum atomic E-state index is 13.4. The molecule has 0 spiro atoms. The summed E-state index contributed by atoms with van der Waals surface area (Å²) < 4.78 is 11.2. The van der Waals surface area contributed by atoms with Gasteiger partial charge in [0.05, 0.1) is 13.2 Å². The lowest BCUT2D eigenvalue weighted by Crippen LogP contribution is -2.53. The molecule has 43 heavy (non-hydrogen) atoms. The van der Waals surface area contributed by atoms with Crippen molar-refractivity contribution in [2.24, 2.45) is 17.6 Å². The molecule has 0 bridgehead atoms. The van der Waals surface area contributed by atoms with Crippen molar-refractivity contribution in [3.05, 3.63) is 42.0 Å². The van der Waals surface area contributed by atoms with Crippen molar-refractivity contribution < 1.29 is 38.6 Å². The molecule has 1 aliphatic carbocycles. The van der Waals surface area contributed by atoms with Crippen LogP contribution >= 0.6 is 0 Å². The Morgan fingerprint density at radius 1 is 1.21 bits per heavy atom. The molecule has 1 aromatic carbocycles. The number of rotatable bonds is 13. The Balaban J connectivity index is 1.44. The maximum Gasteiger partial charge on any atom is 0.404 e. The van der Waals surface area contributed by atoms with Gasteiger partial charge in [0.15, 0.2) is 0 Å². The van der Waals surface area contributed by atoms with E-state index in [0.717, 1.165) is 11.1 Å². The molecule has 2 heterocycles. The number of unbranched alkanes of at least 4 members (excludes halogenated alkanes) is 1. The first-order chi connectivity index (χ1) is 20.4. The van der Waals surface area contributed by atoms with Crippen molar-refractivity contribution in [2.75, 3.05) is 19.7 Å². The maximum absolute atomic E-state index is 13.4. The van der Waals surface area contributed by atoms with Gasteiger partial charge in [0.1, 0.15) is 23.4 Å². The zero-order chi connectivity index (χ0) is 31.3. The molecule has 2 fully saturated rings. The van der Waals surface area contributed by atoms with Gasteiger partial charge >= 0.3 is 12.1 Å². The fourth-order valence-corrected chi connectivity index (χ4v) is 5.95. The molecule has 4 rings (SSSR count). The van der Waals surface area contributed by atoms with Crippen LogP contribution < -0.4 is 15.8 Å². The van der Waals surface area contributed by atoms with E-state index in [1.807, 2.05) is 32.0 Å². The standard InChI is InChI=1S/C31H42N4O8/c1-4-21-16-31(21,29(39)40)33-28(38)24-15-22(17-35(24)27(37)14-19(2)3)43-25-9-7-8-20-11-12-34(18-23(20)25)26(36)10-5-6-13-42-30(32)41/h4,7-9,19,21-22,24H,1,5-6,10-18H2,2-3H3,(H2,32,41)(H,33,38)(H,39,40)/t21-,22?,24+,31-/m1/s1. The van der Waals surface area contributed by atoms with Gasteiger partial charge in [-0.25, -0.2) is 9.59 Å². The fourth-order valence-electron chi connectivity index (χ4n) is 5.95. The number of nitrogens with two attached hydrogens (primary N) is 1. The van der Waals surface area contributed by atoms with Gasteiger partial charge in [0, 0.05) is 43.8 Å². The Labute approximate surface area is 251 Å². The molecule has 1 saturated carbocycles. The van der Waals surface area contributed by atoms with Crippen molar-refractivity contribution in [1.29, 1.82) is 0 Å². The minimum absolute atomic E-state index is 0.00662. The van der Waals surface area contributed by atoms with Crippen LogP contribution in [0, 0.1) is 11.8 Å². The molecule has 4 atom stereocenters. The van der Waals surface area contributed by atoms with Gasteiger partial charge in [0.2, 0.25) is 17.7 Å². The van der Waals surface area contributed by atoms with Crippen LogP contribution in [-0.2, 0) is 36.9 Å². The molecule has 12 heteroatoms. The Morgan fingerprint density at radius 3 is 2.63 bits per heavy atom. The molecule has 0 radical (unpaired) electrons. The SMILES string of the molecule is C=C[C@@H]1C[C@]1(NC(=O)[C@@H]1CC(Oc2cccc3c2CN(C(=O)CCCCOC(N)=O)CC3)CN1C(=O)CC(C)C)C(=O)O. The predicted molar refractivity (Wildman–Crippen MR) is 156 cm³/mol. The summed E-state index contributed by atoms with van der Waals surface area (Å²) in [4.78, 5) is 65.5. The van der Waals surface area contributed by atoms with Gasteiger partial charge in [-0.1, -0.05) is 32.1 Å². The Hall–Kier alpha value is -4.09. The molecule has 4 amide bonds. The first-order valence-electron chi connectivity index (χ1n) is 14.9. The number of aliphatic carboxylic acids is 1. The highest BCUT2D eigenvalue weighted by Crippen LogP contribution is 2.45. The van der Waals surface area contributed by atoms with E-state index in [2.05, 4.69) is 11.9 Å². The number of nitrogens with one attached hydrogen (secondary N) is 1. The lowest BCUT2D eigenvalue weighted by atomic mass is 9.98. The van der Waals surface area contributed by atoms with E-state index in [1.54, 1.807) is 4.90 Å². The van der Waals surface area contributed by atoms with E-state index in [9.17, 15) is 29.1 Å². The van der Waals surface area contributed by atoms with Gasteiger partial charge in [-0.15, -0.1) is 6.58 Å². The minimum atomic E-state index is -1.39. The molecule has 3 aliphatic rings. The second kappa shape index (κ2) is 13.5. The highest BCUT2D eigenvalue weighted by Gasteiger charge is 2.61. The van der Waals surface area contributed by atoms with E-state index >= 15 is 0 Å². The second-order valence-corrected chi connectivity index (χ2v) is 12.0. The minimum Gasteiger partial charge on any atom is -0.488 e. The highest BCUT2D eigenvalue weighted by atomic mass is 16.5. The number of likely N-dealkylation sites (tertiary alicyclic amines) is 1. The number of amides is 4. The van der Waals surface area contributed by atoms with Crippen LogP contribution in [0.15, 0.2) is 30.9 Å². The van der Waals surface area contributed by atoms with Crippen LogP contribution in [0.4, 0.5) is 4.79 Å². The quantitative estimate of drug-likeness (QED) is 0.230. The molecule has 1 unspecified atom stereocenters. The molecule has 234 valence electrons. The van der Waals surface area contributed by atoms with Crippen LogP contribution in [0.2, 0.25) is 0 Å². The molecule has 0 aromatic heterocycles. The number of hydrogen-bond donors (Lipinski definition) is 3. The highest BCUT2D eigenvalue weighted by molar-refractivity contribution is 5.94. The normalized spacial score (nSPS) is 24.2. The molecule has 12 nitrogen and oxygen atoms in total.